The second-order valence-electron chi connectivity index (χ2n) is 7.58. The molecule has 3 N–H and O–H groups in total. The van der Waals surface area contributed by atoms with Crippen LogP contribution in [0.4, 0.5) is 11.4 Å². The zero-order chi connectivity index (χ0) is 26.1. The summed E-state index contributed by atoms with van der Waals surface area (Å²) in [6, 6.07) is 18.0. The van der Waals surface area contributed by atoms with Crippen molar-refractivity contribution >= 4 is 41.3 Å². The molecule has 0 heterocycles. The first-order chi connectivity index (χ1) is 17.2. The van der Waals surface area contributed by atoms with Gasteiger partial charge in [0.25, 0.3) is 0 Å². The second kappa shape index (κ2) is 11.9. The predicted octanol–water partition coefficient (Wildman–Crippen LogP) is 3.27. The fourth-order valence-electron chi connectivity index (χ4n) is 3.02. The molecule has 0 bridgehead atoms. The summed E-state index contributed by atoms with van der Waals surface area (Å²) in [5.41, 5.74) is 4.92. The minimum absolute atomic E-state index is 0.217. The molecule has 10 nitrogen and oxygen atoms in total. The van der Waals surface area contributed by atoms with Crippen molar-refractivity contribution in [3.63, 3.8) is 0 Å². The van der Waals surface area contributed by atoms with Crippen LogP contribution in [0.1, 0.15) is 28.4 Å². The van der Waals surface area contributed by atoms with E-state index in [4.69, 9.17) is 9.47 Å². The molecule has 0 radical (unpaired) electrons. The summed E-state index contributed by atoms with van der Waals surface area (Å²) in [7, 11) is 1.43. The van der Waals surface area contributed by atoms with Crippen molar-refractivity contribution in [3.05, 3.63) is 83.4 Å². The van der Waals surface area contributed by atoms with Gasteiger partial charge in [-0.3, -0.25) is 14.4 Å². The van der Waals surface area contributed by atoms with Crippen molar-refractivity contribution < 1.29 is 28.7 Å². The van der Waals surface area contributed by atoms with Gasteiger partial charge in [0.2, 0.25) is 5.91 Å². The lowest BCUT2D eigenvalue weighted by Crippen LogP contribution is -2.32. The largest absolute Gasteiger partial charge is 0.493 e. The third-order valence-corrected chi connectivity index (χ3v) is 4.69. The molecule has 3 aromatic carbocycles. The van der Waals surface area contributed by atoms with Gasteiger partial charge in [-0.25, -0.2) is 10.2 Å². The number of hydrazone groups is 1. The first kappa shape index (κ1) is 25.6. The molecule has 3 amide bonds. The Morgan fingerprint density at radius 3 is 2.17 bits per heavy atom. The molecule has 36 heavy (non-hydrogen) atoms. The molecule has 0 spiro atoms. The van der Waals surface area contributed by atoms with E-state index in [1.54, 1.807) is 54.6 Å². The van der Waals surface area contributed by atoms with E-state index < -0.39 is 17.8 Å². The number of carbonyl (C=O) groups is 4. The Hall–Kier alpha value is -4.99. The normalized spacial score (nSPS) is 10.4. The van der Waals surface area contributed by atoms with Gasteiger partial charge >= 0.3 is 17.8 Å². The van der Waals surface area contributed by atoms with Gasteiger partial charge in [0.1, 0.15) is 0 Å². The number of anilines is 2. The Bertz CT molecular complexity index is 1320. The number of rotatable bonds is 7. The highest BCUT2D eigenvalue weighted by atomic mass is 16.6. The molecule has 0 aliphatic rings. The third kappa shape index (κ3) is 7.26. The minimum Gasteiger partial charge on any atom is -0.493 e. The van der Waals surface area contributed by atoms with Crippen molar-refractivity contribution in [1.29, 1.82) is 0 Å². The monoisotopic (exact) mass is 488 g/mol. The van der Waals surface area contributed by atoms with Crippen LogP contribution in [0.15, 0.2) is 71.8 Å². The van der Waals surface area contributed by atoms with E-state index in [1.807, 2.05) is 13.0 Å². The van der Waals surface area contributed by atoms with Crippen LogP contribution >= 0.6 is 0 Å². The van der Waals surface area contributed by atoms with Gasteiger partial charge in [-0.2, -0.15) is 5.10 Å². The van der Waals surface area contributed by atoms with Crippen molar-refractivity contribution in [1.82, 2.24) is 5.43 Å². The van der Waals surface area contributed by atoms with Gasteiger partial charge in [-0.05, 0) is 67.1 Å². The maximum atomic E-state index is 12.4. The molecule has 0 atom stereocenters. The number of methoxy groups -OCH3 is 1. The molecule has 0 aliphatic carbocycles. The molecule has 0 aliphatic heterocycles. The Kier molecular flexibility index (Phi) is 8.49. The zero-order valence-corrected chi connectivity index (χ0v) is 19.8. The van der Waals surface area contributed by atoms with E-state index >= 15 is 0 Å². The maximum Gasteiger partial charge on any atom is 0.343 e. The number of hydrogen-bond acceptors (Lipinski definition) is 7. The topological polar surface area (TPSA) is 135 Å². The van der Waals surface area contributed by atoms with Crippen LogP contribution < -0.4 is 25.5 Å². The van der Waals surface area contributed by atoms with E-state index in [9.17, 15) is 19.2 Å². The molecule has 0 fully saturated rings. The SMILES string of the molecule is COc1cc(/C=N/NC(=O)C(=O)Nc2ccc(NC(C)=O)cc2)ccc1OC(=O)c1cccc(C)c1. The smallest absolute Gasteiger partial charge is 0.343 e. The standard InChI is InChI=1S/C26H24N4O6/c1-16-5-4-6-19(13-16)26(34)36-22-12-7-18(14-23(22)35-3)15-27-30-25(33)24(32)29-21-10-8-20(9-11-21)28-17(2)31/h4-15H,1-3H3,(H,28,31)(H,29,32)(H,30,33)/b27-15+. The fraction of sp³-hybridized carbons (Fsp3) is 0.115. The van der Waals surface area contributed by atoms with Crippen molar-refractivity contribution in [3.8, 4) is 11.5 Å². The molecule has 10 heteroatoms. The lowest BCUT2D eigenvalue weighted by molar-refractivity contribution is -0.136. The van der Waals surface area contributed by atoms with Gasteiger partial charge in [-0.1, -0.05) is 17.7 Å². The van der Waals surface area contributed by atoms with Gasteiger partial charge < -0.3 is 20.1 Å². The lowest BCUT2D eigenvalue weighted by Gasteiger charge is -2.10. The predicted molar refractivity (Wildman–Crippen MR) is 134 cm³/mol. The van der Waals surface area contributed by atoms with Crippen molar-refractivity contribution in [2.75, 3.05) is 17.7 Å². The number of benzene rings is 3. The molecular weight excluding hydrogens is 464 g/mol. The first-order valence-electron chi connectivity index (χ1n) is 10.7. The fourth-order valence-corrected chi connectivity index (χ4v) is 3.02. The van der Waals surface area contributed by atoms with Crippen LogP contribution in [0.25, 0.3) is 0 Å². The molecule has 3 rings (SSSR count). The number of aryl methyl sites for hydroxylation is 1. The number of hydrogen-bond donors (Lipinski definition) is 3. The molecule has 0 unspecified atom stereocenters. The van der Waals surface area contributed by atoms with Gasteiger partial charge in [0.15, 0.2) is 11.5 Å². The quantitative estimate of drug-likeness (QED) is 0.154. The Morgan fingerprint density at radius 1 is 0.833 bits per heavy atom. The minimum atomic E-state index is -0.979. The number of amides is 3. The van der Waals surface area contributed by atoms with E-state index in [0.717, 1.165) is 5.56 Å². The summed E-state index contributed by atoms with van der Waals surface area (Å²) in [6.45, 7) is 3.26. The zero-order valence-electron chi connectivity index (χ0n) is 19.8. The van der Waals surface area contributed by atoms with E-state index in [1.165, 1.54) is 26.3 Å². The lowest BCUT2D eigenvalue weighted by atomic mass is 10.1. The van der Waals surface area contributed by atoms with Crippen LogP contribution in [0.2, 0.25) is 0 Å². The van der Waals surface area contributed by atoms with Crippen molar-refractivity contribution in [2.24, 2.45) is 5.10 Å². The number of nitrogens with zero attached hydrogens (tertiary/aromatic N) is 1. The maximum absolute atomic E-state index is 12.4. The van der Waals surface area contributed by atoms with Gasteiger partial charge in [-0.15, -0.1) is 0 Å². The molecule has 0 saturated carbocycles. The van der Waals surface area contributed by atoms with Gasteiger partial charge in [0, 0.05) is 18.3 Å². The summed E-state index contributed by atoms with van der Waals surface area (Å²) in [5.74, 6) is -2.15. The van der Waals surface area contributed by atoms with Crippen LogP contribution in [0.3, 0.4) is 0 Å². The van der Waals surface area contributed by atoms with E-state index in [-0.39, 0.29) is 17.4 Å². The van der Waals surface area contributed by atoms with Crippen LogP contribution in [-0.4, -0.2) is 37.0 Å². The molecule has 3 aromatic rings. The Morgan fingerprint density at radius 2 is 1.53 bits per heavy atom. The number of carbonyl (C=O) groups excluding carboxylic acids is 4. The number of esters is 1. The Balaban J connectivity index is 1.57. The summed E-state index contributed by atoms with van der Waals surface area (Å²) >= 11 is 0. The second-order valence-corrected chi connectivity index (χ2v) is 7.58. The molecule has 0 saturated heterocycles. The summed E-state index contributed by atoms with van der Waals surface area (Å²) < 4.78 is 10.7. The highest BCUT2D eigenvalue weighted by Gasteiger charge is 2.14. The molecular formula is C26H24N4O6. The third-order valence-electron chi connectivity index (χ3n) is 4.69. The van der Waals surface area contributed by atoms with E-state index in [2.05, 4.69) is 21.2 Å². The van der Waals surface area contributed by atoms with Gasteiger partial charge in [0.05, 0.1) is 18.9 Å². The summed E-state index contributed by atoms with van der Waals surface area (Å²) in [4.78, 5) is 47.6. The van der Waals surface area contributed by atoms with Crippen LogP contribution in [0, 0.1) is 6.92 Å². The number of ether oxygens (including phenoxy) is 2. The highest BCUT2D eigenvalue weighted by molar-refractivity contribution is 6.39. The summed E-state index contributed by atoms with van der Waals surface area (Å²) in [5, 5.41) is 8.80. The van der Waals surface area contributed by atoms with Crippen LogP contribution in [-0.2, 0) is 14.4 Å². The Labute approximate surface area is 207 Å². The summed E-state index contributed by atoms with van der Waals surface area (Å²) in [6.07, 6.45) is 1.31. The molecule has 0 aromatic heterocycles. The molecule has 184 valence electrons. The van der Waals surface area contributed by atoms with Crippen molar-refractivity contribution in [2.45, 2.75) is 13.8 Å². The highest BCUT2D eigenvalue weighted by Crippen LogP contribution is 2.28. The number of nitrogens with one attached hydrogen (secondary N) is 3. The van der Waals surface area contributed by atoms with Crippen LogP contribution in [0.5, 0.6) is 11.5 Å². The average molecular weight is 489 g/mol. The van der Waals surface area contributed by atoms with E-state index in [0.29, 0.717) is 22.5 Å². The first-order valence-corrected chi connectivity index (χ1v) is 10.7. The average Bonchev–Trinajstić information content (AvgIpc) is 2.85.